The Morgan fingerprint density at radius 3 is 2.58 bits per heavy atom. The first-order chi connectivity index (χ1) is 8.96. The Hall–Kier alpha value is -1.06. The molecule has 2 unspecified atom stereocenters. The van der Waals surface area contributed by atoms with Gasteiger partial charge in [0.1, 0.15) is 6.04 Å². The molecular formula is C15H26N2O2. The highest BCUT2D eigenvalue weighted by atomic mass is 16.2. The molecule has 4 heteroatoms. The van der Waals surface area contributed by atoms with Crippen LogP contribution in [0.4, 0.5) is 0 Å². The van der Waals surface area contributed by atoms with E-state index in [0.717, 1.165) is 25.7 Å². The van der Waals surface area contributed by atoms with Crippen molar-refractivity contribution in [2.45, 2.75) is 65.0 Å². The third kappa shape index (κ3) is 2.93. The summed E-state index contributed by atoms with van der Waals surface area (Å²) in [5, 5.41) is 3.18. The Balaban J connectivity index is 2.09. The molecule has 0 aromatic rings. The van der Waals surface area contributed by atoms with E-state index in [1.54, 1.807) is 4.90 Å². The van der Waals surface area contributed by atoms with Crippen molar-refractivity contribution in [1.82, 2.24) is 10.2 Å². The summed E-state index contributed by atoms with van der Waals surface area (Å²) >= 11 is 0. The topological polar surface area (TPSA) is 49.4 Å². The minimum atomic E-state index is -0.279. The second kappa shape index (κ2) is 5.51. The van der Waals surface area contributed by atoms with Crippen LogP contribution in [-0.2, 0) is 9.59 Å². The van der Waals surface area contributed by atoms with Gasteiger partial charge in [0.2, 0.25) is 12.3 Å². The van der Waals surface area contributed by atoms with E-state index in [1.165, 1.54) is 12.8 Å². The molecule has 1 heterocycles. The van der Waals surface area contributed by atoms with E-state index in [9.17, 15) is 9.59 Å². The molecule has 0 spiro atoms. The molecule has 1 N–H and O–H groups in total. The van der Waals surface area contributed by atoms with E-state index in [0.29, 0.717) is 12.5 Å². The van der Waals surface area contributed by atoms with Crippen molar-refractivity contribution >= 4 is 12.3 Å². The number of piperazine rings is 1. The molecule has 1 aliphatic heterocycles. The summed E-state index contributed by atoms with van der Waals surface area (Å²) in [6, 6.07) is -0.158. The Morgan fingerprint density at radius 2 is 2.05 bits per heavy atom. The average molecular weight is 266 g/mol. The zero-order valence-electron chi connectivity index (χ0n) is 12.3. The zero-order valence-corrected chi connectivity index (χ0v) is 12.3. The molecule has 108 valence electrons. The van der Waals surface area contributed by atoms with Crippen molar-refractivity contribution in [2.75, 3.05) is 6.54 Å². The molecular weight excluding hydrogens is 240 g/mol. The molecule has 19 heavy (non-hydrogen) atoms. The van der Waals surface area contributed by atoms with Crippen molar-refractivity contribution in [3.63, 3.8) is 0 Å². The Morgan fingerprint density at radius 1 is 1.42 bits per heavy atom. The van der Waals surface area contributed by atoms with Crippen molar-refractivity contribution in [2.24, 2.45) is 11.3 Å². The summed E-state index contributed by atoms with van der Waals surface area (Å²) in [5.41, 5.74) is 0.166. The molecule has 2 rings (SSSR count). The fourth-order valence-electron chi connectivity index (χ4n) is 3.53. The normalized spacial score (nSPS) is 30.5. The maximum absolute atomic E-state index is 12.3. The van der Waals surface area contributed by atoms with E-state index in [4.69, 9.17) is 0 Å². The van der Waals surface area contributed by atoms with E-state index in [2.05, 4.69) is 26.1 Å². The number of amides is 2. The van der Waals surface area contributed by atoms with Gasteiger partial charge in [-0.05, 0) is 30.6 Å². The van der Waals surface area contributed by atoms with Gasteiger partial charge in [-0.1, -0.05) is 33.6 Å². The molecule has 2 atom stereocenters. The molecule has 0 radical (unpaired) electrons. The second-order valence-electron chi connectivity index (χ2n) is 6.87. The molecule has 4 nitrogen and oxygen atoms in total. The lowest BCUT2D eigenvalue weighted by Crippen LogP contribution is -2.63. The minimum absolute atomic E-state index is 0.0326. The van der Waals surface area contributed by atoms with E-state index < -0.39 is 0 Å². The lowest BCUT2D eigenvalue weighted by Gasteiger charge is -2.44. The highest BCUT2D eigenvalue weighted by molar-refractivity contribution is 5.85. The molecule has 0 aromatic heterocycles. The van der Waals surface area contributed by atoms with Crippen LogP contribution in [0, 0.1) is 11.3 Å². The van der Waals surface area contributed by atoms with Crippen LogP contribution in [0.2, 0.25) is 0 Å². The summed E-state index contributed by atoms with van der Waals surface area (Å²) in [7, 11) is 0. The van der Waals surface area contributed by atoms with Gasteiger partial charge >= 0.3 is 0 Å². The average Bonchev–Trinajstić information content (AvgIpc) is 2.79. The summed E-state index contributed by atoms with van der Waals surface area (Å²) in [4.78, 5) is 25.3. The number of carbonyl (C=O) groups is 2. The van der Waals surface area contributed by atoms with Crippen molar-refractivity contribution in [3.8, 4) is 0 Å². The fourth-order valence-corrected chi connectivity index (χ4v) is 3.53. The Bertz CT molecular complexity index is 348. The van der Waals surface area contributed by atoms with E-state index in [-0.39, 0.29) is 23.4 Å². The monoisotopic (exact) mass is 266 g/mol. The number of rotatable bonds is 4. The van der Waals surface area contributed by atoms with Gasteiger partial charge in [0, 0.05) is 6.54 Å². The molecule has 0 bridgehead atoms. The van der Waals surface area contributed by atoms with Crippen molar-refractivity contribution in [1.29, 1.82) is 0 Å². The first kappa shape index (κ1) is 14.4. The highest BCUT2D eigenvalue weighted by Crippen LogP contribution is 2.41. The standard InChI is InChI=1S/C15H26N2O2/c1-11(2)8-12-14(19)16-13(9-17(12)10-18)15(3)6-4-5-7-15/h10-13H,4-9H2,1-3H3,(H,16,19). The van der Waals surface area contributed by atoms with Crippen LogP contribution in [0.15, 0.2) is 0 Å². The smallest absolute Gasteiger partial charge is 0.243 e. The number of hydrogen-bond donors (Lipinski definition) is 1. The fraction of sp³-hybridized carbons (Fsp3) is 0.867. The lowest BCUT2D eigenvalue weighted by atomic mass is 9.78. The van der Waals surface area contributed by atoms with Gasteiger partial charge in [-0.25, -0.2) is 0 Å². The van der Waals surface area contributed by atoms with Crippen LogP contribution in [0.1, 0.15) is 52.9 Å². The minimum Gasteiger partial charge on any atom is -0.349 e. The number of nitrogens with one attached hydrogen (secondary N) is 1. The number of hydrogen-bond acceptors (Lipinski definition) is 2. The molecule has 1 aliphatic carbocycles. The summed E-state index contributed by atoms with van der Waals surface area (Å²) in [5.74, 6) is 0.446. The quantitative estimate of drug-likeness (QED) is 0.791. The maximum Gasteiger partial charge on any atom is 0.243 e. The predicted molar refractivity (Wildman–Crippen MR) is 74.5 cm³/mol. The van der Waals surface area contributed by atoms with Crippen LogP contribution in [0.5, 0.6) is 0 Å². The first-order valence-corrected chi connectivity index (χ1v) is 7.48. The highest BCUT2D eigenvalue weighted by Gasteiger charge is 2.44. The predicted octanol–water partition coefficient (Wildman–Crippen LogP) is 1.94. The van der Waals surface area contributed by atoms with Gasteiger partial charge in [-0.2, -0.15) is 0 Å². The number of carbonyl (C=O) groups excluding carboxylic acids is 2. The molecule has 1 saturated heterocycles. The van der Waals surface area contributed by atoms with Crippen LogP contribution < -0.4 is 5.32 Å². The van der Waals surface area contributed by atoms with Crippen LogP contribution >= 0.6 is 0 Å². The van der Waals surface area contributed by atoms with Gasteiger partial charge in [0.15, 0.2) is 0 Å². The van der Waals surface area contributed by atoms with Gasteiger partial charge < -0.3 is 10.2 Å². The molecule has 2 amide bonds. The van der Waals surface area contributed by atoms with E-state index >= 15 is 0 Å². The molecule has 0 aromatic carbocycles. The van der Waals surface area contributed by atoms with Gasteiger partial charge in [0.05, 0.1) is 6.04 Å². The first-order valence-electron chi connectivity index (χ1n) is 7.48. The summed E-state index contributed by atoms with van der Waals surface area (Å²) in [6.45, 7) is 7.08. The summed E-state index contributed by atoms with van der Waals surface area (Å²) in [6.07, 6.45) is 6.38. The largest absolute Gasteiger partial charge is 0.349 e. The lowest BCUT2D eigenvalue weighted by molar-refractivity contribution is -0.140. The molecule has 1 saturated carbocycles. The van der Waals surface area contributed by atoms with Crippen molar-refractivity contribution in [3.05, 3.63) is 0 Å². The number of nitrogens with zero attached hydrogens (tertiary/aromatic N) is 1. The van der Waals surface area contributed by atoms with Crippen LogP contribution in [-0.4, -0.2) is 35.8 Å². The van der Waals surface area contributed by atoms with Crippen molar-refractivity contribution < 1.29 is 9.59 Å². The zero-order chi connectivity index (χ0) is 14.0. The van der Waals surface area contributed by atoms with Crippen LogP contribution in [0.3, 0.4) is 0 Å². The summed E-state index contributed by atoms with van der Waals surface area (Å²) < 4.78 is 0. The van der Waals surface area contributed by atoms with Gasteiger partial charge in [-0.15, -0.1) is 0 Å². The van der Waals surface area contributed by atoms with Gasteiger partial charge in [0.25, 0.3) is 0 Å². The third-order valence-corrected chi connectivity index (χ3v) is 4.83. The SMILES string of the molecule is CC(C)CC1C(=O)NC(C2(C)CCCC2)CN1C=O. The second-order valence-corrected chi connectivity index (χ2v) is 6.87. The van der Waals surface area contributed by atoms with Gasteiger partial charge in [-0.3, -0.25) is 9.59 Å². The molecule has 2 fully saturated rings. The molecule has 2 aliphatic rings. The Labute approximate surface area is 115 Å². The van der Waals surface area contributed by atoms with Crippen LogP contribution in [0.25, 0.3) is 0 Å². The van der Waals surface area contributed by atoms with E-state index in [1.807, 2.05) is 0 Å². The third-order valence-electron chi connectivity index (χ3n) is 4.83. The Kier molecular flexibility index (Phi) is 4.16. The maximum atomic E-state index is 12.3.